The number of aromatic nitrogens is 1. The number of rotatable bonds is 10. The Morgan fingerprint density at radius 1 is 1.23 bits per heavy atom. The van der Waals surface area contributed by atoms with Gasteiger partial charge in [-0.2, -0.15) is 0 Å². The Kier molecular flexibility index (Phi) is 9.21. The number of hydrogen-bond donors (Lipinski definition) is 2. The van der Waals surface area contributed by atoms with Gasteiger partial charge in [0.1, 0.15) is 5.82 Å². The minimum atomic E-state index is -0.191. The number of anilines is 1. The fraction of sp³-hybridized carbons (Fsp3) is 0.333. The molecule has 1 aliphatic rings. The SMILES string of the molecule is C=C/C(=C\N(C)C)c1cccc(-c2ccc(/C(C=NC)=C/C(=C)C)c(NC[C@H]3CC[C@@H](O)C3)n2)c1. The van der Waals surface area contributed by atoms with E-state index in [0.717, 1.165) is 70.7 Å². The van der Waals surface area contributed by atoms with E-state index in [0.29, 0.717) is 5.92 Å². The Bertz CT molecular complexity index is 1140. The summed E-state index contributed by atoms with van der Waals surface area (Å²) < 4.78 is 0. The molecule has 35 heavy (non-hydrogen) atoms. The molecule has 0 radical (unpaired) electrons. The average Bonchev–Trinajstić information content (AvgIpc) is 3.25. The number of aliphatic hydroxyl groups is 1. The molecule has 1 heterocycles. The first kappa shape index (κ1) is 26.2. The van der Waals surface area contributed by atoms with Gasteiger partial charge in [0.15, 0.2) is 0 Å². The molecular formula is C30H38N4O. The van der Waals surface area contributed by atoms with Crippen LogP contribution < -0.4 is 5.32 Å². The third kappa shape index (κ3) is 7.27. The topological polar surface area (TPSA) is 60.8 Å². The normalized spacial score (nSPS) is 18.7. The van der Waals surface area contributed by atoms with Crippen LogP contribution in [0.3, 0.4) is 0 Å². The Morgan fingerprint density at radius 3 is 2.66 bits per heavy atom. The summed E-state index contributed by atoms with van der Waals surface area (Å²) in [6.45, 7) is 10.8. The van der Waals surface area contributed by atoms with Gasteiger partial charge in [0, 0.05) is 56.8 Å². The molecule has 0 aliphatic heterocycles. The van der Waals surface area contributed by atoms with E-state index in [1.165, 1.54) is 0 Å². The molecule has 1 saturated carbocycles. The van der Waals surface area contributed by atoms with Gasteiger partial charge in [0.05, 0.1) is 11.8 Å². The zero-order valence-corrected chi connectivity index (χ0v) is 21.5. The van der Waals surface area contributed by atoms with Crippen molar-refractivity contribution in [1.29, 1.82) is 0 Å². The lowest BCUT2D eigenvalue weighted by Gasteiger charge is -2.17. The van der Waals surface area contributed by atoms with Crippen molar-refractivity contribution in [2.24, 2.45) is 10.9 Å². The highest BCUT2D eigenvalue weighted by Crippen LogP contribution is 2.31. The van der Waals surface area contributed by atoms with Crippen LogP contribution in [-0.2, 0) is 0 Å². The molecule has 184 valence electrons. The molecule has 5 heteroatoms. The van der Waals surface area contributed by atoms with Gasteiger partial charge in [-0.05, 0) is 61.4 Å². The van der Waals surface area contributed by atoms with Crippen molar-refractivity contribution < 1.29 is 5.11 Å². The molecule has 0 unspecified atom stereocenters. The van der Waals surface area contributed by atoms with Crippen LogP contribution in [0.2, 0.25) is 0 Å². The van der Waals surface area contributed by atoms with Crippen molar-refractivity contribution in [2.75, 3.05) is 33.0 Å². The maximum Gasteiger partial charge on any atom is 0.134 e. The van der Waals surface area contributed by atoms with Gasteiger partial charge in [-0.15, -0.1) is 0 Å². The van der Waals surface area contributed by atoms with Crippen LogP contribution in [0, 0.1) is 5.92 Å². The molecule has 2 aromatic rings. The second kappa shape index (κ2) is 12.3. The lowest BCUT2D eigenvalue weighted by Crippen LogP contribution is -2.15. The highest BCUT2D eigenvalue weighted by atomic mass is 16.3. The van der Waals surface area contributed by atoms with E-state index in [9.17, 15) is 5.11 Å². The molecule has 2 atom stereocenters. The minimum absolute atomic E-state index is 0.191. The van der Waals surface area contributed by atoms with Crippen molar-refractivity contribution in [3.63, 3.8) is 0 Å². The van der Waals surface area contributed by atoms with E-state index >= 15 is 0 Å². The number of hydrogen-bond acceptors (Lipinski definition) is 5. The Balaban J connectivity index is 2.03. The fourth-order valence-electron chi connectivity index (χ4n) is 4.43. The third-order valence-electron chi connectivity index (χ3n) is 6.06. The van der Waals surface area contributed by atoms with E-state index in [2.05, 4.69) is 66.1 Å². The minimum Gasteiger partial charge on any atom is -0.393 e. The van der Waals surface area contributed by atoms with Crippen molar-refractivity contribution >= 4 is 23.2 Å². The second-order valence-electron chi connectivity index (χ2n) is 9.47. The Labute approximate surface area is 210 Å². The van der Waals surface area contributed by atoms with Crippen LogP contribution in [0.15, 0.2) is 78.5 Å². The van der Waals surface area contributed by atoms with Crippen molar-refractivity contribution in [3.8, 4) is 11.3 Å². The van der Waals surface area contributed by atoms with Crippen molar-refractivity contribution in [2.45, 2.75) is 32.3 Å². The average molecular weight is 471 g/mol. The number of allylic oxidation sites excluding steroid dienone is 5. The molecule has 1 aromatic carbocycles. The number of aliphatic imine (C=N–C) groups is 1. The van der Waals surface area contributed by atoms with Gasteiger partial charge < -0.3 is 15.3 Å². The zero-order chi connectivity index (χ0) is 25.4. The van der Waals surface area contributed by atoms with E-state index < -0.39 is 0 Å². The van der Waals surface area contributed by atoms with Gasteiger partial charge in [-0.1, -0.05) is 49.1 Å². The number of pyridine rings is 1. The van der Waals surface area contributed by atoms with Gasteiger partial charge >= 0.3 is 0 Å². The molecule has 0 amide bonds. The zero-order valence-electron chi connectivity index (χ0n) is 21.5. The highest BCUT2D eigenvalue weighted by molar-refractivity contribution is 6.12. The molecule has 0 saturated heterocycles. The maximum atomic E-state index is 9.95. The summed E-state index contributed by atoms with van der Waals surface area (Å²) in [5, 5.41) is 13.5. The van der Waals surface area contributed by atoms with E-state index in [1.54, 1.807) is 7.05 Å². The molecule has 1 fully saturated rings. The molecule has 3 rings (SSSR count). The highest BCUT2D eigenvalue weighted by Gasteiger charge is 2.23. The van der Waals surface area contributed by atoms with Gasteiger partial charge in [-0.3, -0.25) is 4.99 Å². The summed E-state index contributed by atoms with van der Waals surface area (Å²) in [7, 11) is 5.78. The van der Waals surface area contributed by atoms with Crippen molar-refractivity contribution in [1.82, 2.24) is 9.88 Å². The summed E-state index contributed by atoms with van der Waals surface area (Å²) in [4.78, 5) is 11.3. The number of nitrogens with one attached hydrogen (secondary N) is 1. The maximum absolute atomic E-state index is 9.95. The lowest BCUT2D eigenvalue weighted by molar-refractivity contribution is 0.178. The van der Waals surface area contributed by atoms with Crippen molar-refractivity contribution in [3.05, 3.63) is 84.6 Å². The first-order valence-corrected chi connectivity index (χ1v) is 12.1. The van der Waals surface area contributed by atoms with Crippen LogP contribution in [0.5, 0.6) is 0 Å². The first-order chi connectivity index (χ1) is 16.8. The van der Waals surface area contributed by atoms with Crippen LogP contribution in [0.4, 0.5) is 5.82 Å². The smallest absolute Gasteiger partial charge is 0.134 e. The number of aliphatic hydroxyl groups excluding tert-OH is 1. The Hall–Kier alpha value is -3.44. The summed E-state index contributed by atoms with van der Waals surface area (Å²) in [6.07, 6.45) is 10.3. The monoisotopic (exact) mass is 470 g/mol. The number of nitrogens with zero attached hydrogens (tertiary/aromatic N) is 3. The predicted octanol–water partition coefficient (Wildman–Crippen LogP) is 6.07. The Morgan fingerprint density at radius 2 is 2.03 bits per heavy atom. The molecule has 1 aliphatic carbocycles. The summed E-state index contributed by atoms with van der Waals surface area (Å²) in [6, 6.07) is 12.5. The fourth-order valence-corrected chi connectivity index (χ4v) is 4.43. The molecule has 2 N–H and O–H groups in total. The van der Waals surface area contributed by atoms with E-state index in [4.69, 9.17) is 4.98 Å². The molecular weight excluding hydrogens is 432 g/mol. The van der Waals surface area contributed by atoms with Crippen LogP contribution >= 0.6 is 0 Å². The first-order valence-electron chi connectivity index (χ1n) is 12.1. The largest absolute Gasteiger partial charge is 0.393 e. The number of benzene rings is 1. The summed E-state index contributed by atoms with van der Waals surface area (Å²) in [5.74, 6) is 1.25. The predicted molar refractivity (Wildman–Crippen MR) is 151 cm³/mol. The van der Waals surface area contributed by atoms with E-state index in [1.807, 2.05) is 44.3 Å². The van der Waals surface area contributed by atoms with Crippen LogP contribution in [-0.4, -0.2) is 55.0 Å². The van der Waals surface area contributed by atoms with Crippen LogP contribution in [0.1, 0.15) is 37.3 Å². The van der Waals surface area contributed by atoms with E-state index in [-0.39, 0.29) is 6.10 Å². The molecule has 0 bridgehead atoms. The molecule has 0 spiro atoms. The van der Waals surface area contributed by atoms with Gasteiger partial charge in [-0.25, -0.2) is 4.98 Å². The molecule has 5 nitrogen and oxygen atoms in total. The standard InChI is InChI=1S/C30H38N4O/c1-7-23(20-34(5)6)24-9-8-10-25(17-24)29-14-13-28(26(19-31-4)15-21(2)3)30(33-29)32-18-22-11-12-27(35)16-22/h7-10,13-15,17,19-20,22,27,35H,1-2,11-12,16,18H2,3-6H3,(H,32,33)/b23-20+,26-15+,31-19?/t22-,27+/m0/s1. The lowest BCUT2D eigenvalue weighted by atomic mass is 10.00. The summed E-state index contributed by atoms with van der Waals surface area (Å²) in [5.41, 5.74) is 6.97. The van der Waals surface area contributed by atoms with Gasteiger partial charge in [0.25, 0.3) is 0 Å². The van der Waals surface area contributed by atoms with Crippen LogP contribution in [0.25, 0.3) is 22.4 Å². The third-order valence-corrected chi connectivity index (χ3v) is 6.06. The second-order valence-corrected chi connectivity index (χ2v) is 9.47. The van der Waals surface area contributed by atoms with Gasteiger partial charge in [0.2, 0.25) is 0 Å². The quantitative estimate of drug-likeness (QED) is 0.327. The molecule has 1 aromatic heterocycles. The summed E-state index contributed by atoms with van der Waals surface area (Å²) >= 11 is 0.